The van der Waals surface area contributed by atoms with E-state index in [9.17, 15) is 9.59 Å². The zero-order chi connectivity index (χ0) is 15.8. The Bertz CT molecular complexity index is 495. The van der Waals surface area contributed by atoms with Crippen molar-refractivity contribution in [2.75, 3.05) is 19.7 Å². The van der Waals surface area contributed by atoms with E-state index < -0.39 is 5.97 Å². The van der Waals surface area contributed by atoms with Crippen molar-refractivity contribution in [3.8, 4) is 5.75 Å². The smallest absolute Gasteiger partial charge is 0.339 e. The van der Waals surface area contributed by atoms with Gasteiger partial charge in [0.2, 0.25) is 5.91 Å². The number of hydrogen-bond acceptors (Lipinski definition) is 3. The number of carboxylic acids is 1. The van der Waals surface area contributed by atoms with Gasteiger partial charge >= 0.3 is 5.97 Å². The van der Waals surface area contributed by atoms with Crippen LogP contribution in [0.25, 0.3) is 0 Å². The lowest BCUT2D eigenvalue weighted by molar-refractivity contribution is -0.131. The number of aryl methyl sites for hydroxylation is 1. The van der Waals surface area contributed by atoms with Gasteiger partial charge in [0.05, 0.1) is 6.61 Å². The minimum atomic E-state index is -1.01. The van der Waals surface area contributed by atoms with Crippen molar-refractivity contribution in [3.05, 3.63) is 29.3 Å². The van der Waals surface area contributed by atoms with Gasteiger partial charge in [-0.05, 0) is 38.8 Å². The molecular formula is C16H23NO4. The van der Waals surface area contributed by atoms with Crippen LogP contribution in [0.4, 0.5) is 0 Å². The van der Waals surface area contributed by atoms with Gasteiger partial charge in [-0.1, -0.05) is 12.1 Å². The van der Waals surface area contributed by atoms with Gasteiger partial charge in [0.25, 0.3) is 0 Å². The summed E-state index contributed by atoms with van der Waals surface area (Å²) in [6.07, 6.45) is 0.985. The predicted molar refractivity (Wildman–Crippen MR) is 80.8 cm³/mol. The Hall–Kier alpha value is -2.04. The van der Waals surface area contributed by atoms with Crippen LogP contribution >= 0.6 is 0 Å². The number of rotatable bonds is 8. The molecule has 0 aliphatic rings. The molecule has 0 spiro atoms. The number of amides is 1. The molecule has 0 atom stereocenters. The van der Waals surface area contributed by atoms with Crippen molar-refractivity contribution in [1.29, 1.82) is 0 Å². The molecule has 0 fully saturated rings. The molecule has 0 aromatic heterocycles. The molecule has 1 aromatic rings. The first-order valence-corrected chi connectivity index (χ1v) is 7.24. The Balaban J connectivity index is 2.54. The summed E-state index contributed by atoms with van der Waals surface area (Å²) in [5.74, 6) is -0.514. The van der Waals surface area contributed by atoms with Crippen LogP contribution in [-0.2, 0) is 4.79 Å². The maximum absolute atomic E-state index is 11.8. The molecular weight excluding hydrogens is 270 g/mol. The van der Waals surface area contributed by atoms with Crippen LogP contribution in [-0.4, -0.2) is 41.6 Å². The summed E-state index contributed by atoms with van der Waals surface area (Å²) in [5, 5.41) is 9.13. The molecule has 0 unspecified atom stereocenters. The van der Waals surface area contributed by atoms with E-state index in [1.807, 2.05) is 26.8 Å². The SMILES string of the molecule is CCN(CC)C(=O)CCCOc1c(C)cccc1C(=O)O. The molecule has 0 saturated carbocycles. The van der Waals surface area contributed by atoms with E-state index in [1.165, 1.54) is 6.07 Å². The van der Waals surface area contributed by atoms with Crippen LogP contribution in [0.15, 0.2) is 18.2 Å². The summed E-state index contributed by atoms with van der Waals surface area (Å²) in [4.78, 5) is 24.8. The molecule has 1 aromatic carbocycles. The highest BCUT2D eigenvalue weighted by atomic mass is 16.5. The molecule has 5 nitrogen and oxygen atoms in total. The van der Waals surface area contributed by atoms with E-state index in [0.717, 1.165) is 5.56 Å². The fourth-order valence-corrected chi connectivity index (χ4v) is 2.14. The molecule has 1 amide bonds. The van der Waals surface area contributed by atoms with Crippen molar-refractivity contribution in [3.63, 3.8) is 0 Å². The highest BCUT2D eigenvalue weighted by molar-refractivity contribution is 5.91. The molecule has 0 heterocycles. The average Bonchev–Trinajstić information content (AvgIpc) is 2.45. The zero-order valence-electron chi connectivity index (χ0n) is 12.9. The number of benzene rings is 1. The second-order valence-electron chi connectivity index (χ2n) is 4.77. The van der Waals surface area contributed by atoms with E-state index in [1.54, 1.807) is 11.0 Å². The quantitative estimate of drug-likeness (QED) is 0.748. The highest BCUT2D eigenvalue weighted by Crippen LogP contribution is 2.23. The number of carbonyl (C=O) groups excluding carboxylic acids is 1. The maximum atomic E-state index is 11.8. The van der Waals surface area contributed by atoms with E-state index in [-0.39, 0.29) is 11.5 Å². The molecule has 0 aliphatic heterocycles. The lowest BCUT2D eigenvalue weighted by Gasteiger charge is -2.18. The number of ether oxygens (including phenoxy) is 1. The summed E-state index contributed by atoms with van der Waals surface area (Å²) in [6.45, 7) is 7.45. The van der Waals surface area contributed by atoms with E-state index in [4.69, 9.17) is 9.84 Å². The number of para-hydroxylation sites is 1. The van der Waals surface area contributed by atoms with Gasteiger partial charge in [-0.15, -0.1) is 0 Å². The highest BCUT2D eigenvalue weighted by Gasteiger charge is 2.14. The third-order valence-electron chi connectivity index (χ3n) is 3.34. The average molecular weight is 293 g/mol. The van der Waals surface area contributed by atoms with Crippen molar-refractivity contribution < 1.29 is 19.4 Å². The maximum Gasteiger partial charge on any atom is 0.339 e. The molecule has 0 saturated heterocycles. The third kappa shape index (κ3) is 4.77. The van der Waals surface area contributed by atoms with E-state index in [2.05, 4.69) is 0 Å². The zero-order valence-corrected chi connectivity index (χ0v) is 12.9. The number of aromatic carboxylic acids is 1. The van der Waals surface area contributed by atoms with Gasteiger partial charge in [0.15, 0.2) is 0 Å². The molecule has 116 valence electrons. The molecule has 1 rings (SSSR count). The van der Waals surface area contributed by atoms with Crippen LogP contribution in [0.2, 0.25) is 0 Å². The first kappa shape index (κ1) is 17.0. The van der Waals surface area contributed by atoms with Crippen molar-refractivity contribution in [2.24, 2.45) is 0 Å². The van der Waals surface area contributed by atoms with Crippen LogP contribution in [0.3, 0.4) is 0 Å². The summed E-state index contributed by atoms with van der Waals surface area (Å²) in [5.41, 5.74) is 0.940. The molecule has 21 heavy (non-hydrogen) atoms. The fourth-order valence-electron chi connectivity index (χ4n) is 2.14. The predicted octanol–water partition coefficient (Wildman–Crippen LogP) is 2.72. The van der Waals surface area contributed by atoms with Crippen LogP contribution < -0.4 is 4.74 Å². The van der Waals surface area contributed by atoms with Crippen molar-refractivity contribution in [1.82, 2.24) is 4.90 Å². The molecule has 0 radical (unpaired) electrons. The summed E-state index contributed by atoms with van der Waals surface area (Å²) >= 11 is 0. The Kier molecular flexibility index (Phi) is 6.72. The minimum absolute atomic E-state index is 0.104. The summed E-state index contributed by atoms with van der Waals surface area (Å²) in [6, 6.07) is 5.02. The molecule has 5 heteroatoms. The lowest BCUT2D eigenvalue weighted by Crippen LogP contribution is -2.30. The fraction of sp³-hybridized carbons (Fsp3) is 0.500. The van der Waals surface area contributed by atoms with Crippen LogP contribution in [0.1, 0.15) is 42.6 Å². The minimum Gasteiger partial charge on any atom is -0.492 e. The first-order chi connectivity index (χ1) is 10.0. The standard InChI is InChI=1S/C16H23NO4/c1-4-17(5-2)14(18)10-7-11-21-15-12(3)8-6-9-13(15)16(19)20/h6,8-9H,4-5,7,10-11H2,1-3H3,(H,19,20). The topological polar surface area (TPSA) is 66.8 Å². The van der Waals surface area contributed by atoms with Gasteiger partial charge in [-0.3, -0.25) is 4.79 Å². The third-order valence-corrected chi connectivity index (χ3v) is 3.34. The molecule has 1 N–H and O–H groups in total. The number of hydrogen-bond donors (Lipinski definition) is 1. The Morgan fingerprint density at radius 2 is 1.90 bits per heavy atom. The Morgan fingerprint density at radius 3 is 2.48 bits per heavy atom. The number of carbonyl (C=O) groups is 2. The summed E-state index contributed by atoms with van der Waals surface area (Å²) in [7, 11) is 0. The second kappa shape index (κ2) is 8.29. The van der Waals surface area contributed by atoms with Crippen molar-refractivity contribution >= 4 is 11.9 Å². The van der Waals surface area contributed by atoms with Crippen LogP contribution in [0.5, 0.6) is 5.75 Å². The lowest BCUT2D eigenvalue weighted by atomic mass is 10.1. The first-order valence-electron chi connectivity index (χ1n) is 7.24. The van der Waals surface area contributed by atoms with Gasteiger partial charge < -0.3 is 14.7 Å². The number of carboxylic acid groups (broad SMARTS) is 1. The monoisotopic (exact) mass is 293 g/mol. The van der Waals surface area contributed by atoms with Gasteiger partial charge in [-0.2, -0.15) is 0 Å². The van der Waals surface area contributed by atoms with Crippen LogP contribution in [0, 0.1) is 6.92 Å². The normalized spacial score (nSPS) is 10.2. The van der Waals surface area contributed by atoms with Crippen molar-refractivity contribution in [2.45, 2.75) is 33.6 Å². The number of nitrogens with zero attached hydrogens (tertiary/aromatic N) is 1. The Morgan fingerprint density at radius 1 is 1.24 bits per heavy atom. The summed E-state index contributed by atoms with van der Waals surface area (Å²) < 4.78 is 5.58. The van der Waals surface area contributed by atoms with Gasteiger partial charge in [0, 0.05) is 19.5 Å². The molecule has 0 bridgehead atoms. The van der Waals surface area contributed by atoms with Gasteiger partial charge in [0.1, 0.15) is 11.3 Å². The largest absolute Gasteiger partial charge is 0.492 e. The Labute approximate surface area is 125 Å². The van der Waals surface area contributed by atoms with Gasteiger partial charge in [-0.25, -0.2) is 4.79 Å². The molecule has 0 aliphatic carbocycles. The second-order valence-corrected chi connectivity index (χ2v) is 4.77. The van der Waals surface area contributed by atoms with E-state index in [0.29, 0.717) is 38.3 Å². The van der Waals surface area contributed by atoms with E-state index >= 15 is 0 Å².